The lowest BCUT2D eigenvalue weighted by Gasteiger charge is -1.85. The molecule has 0 atom stereocenters. The molecule has 1 heterocycles. The second kappa shape index (κ2) is 3.02. The monoisotopic (exact) mass is 197 g/mol. The molecule has 0 unspecified atom stereocenters. The van der Waals surface area contributed by atoms with Crippen LogP contribution in [0.4, 0.5) is 6.01 Å². The third kappa shape index (κ3) is 1.59. The predicted octanol–water partition coefficient (Wildman–Crippen LogP) is 0.582. The Hall–Kier alpha value is -1.62. The van der Waals surface area contributed by atoms with Crippen molar-refractivity contribution >= 4 is 17.6 Å². The Morgan fingerprint density at radius 1 is 1.31 bits per heavy atom. The number of hydrogen-bond acceptors (Lipinski definition) is 4. The molecule has 0 amide bonds. The molecule has 0 saturated carbocycles. The molecule has 0 bridgehead atoms. The van der Waals surface area contributed by atoms with Gasteiger partial charge in [-0.2, -0.15) is 0 Å². The fraction of sp³-hybridized carbons (Fsp3) is 0. The Labute approximate surface area is 78.7 Å². The van der Waals surface area contributed by atoms with Crippen LogP contribution in [-0.4, -0.2) is 10.4 Å². The molecule has 2 aromatic rings. The lowest BCUT2D eigenvalue weighted by Crippen LogP contribution is -2.35. The molecule has 0 fully saturated rings. The van der Waals surface area contributed by atoms with Gasteiger partial charge in [-0.1, -0.05) is 11.6 Å². The van der Waals surface area contributed by atoms with E-state index in [9.17, 15) is 0 Å². The van der Waals surface area contributed by atoms with E-state index in [0.29, 0.717) is 5.02 Å². The van der Waals surface area contributed by atoms with Crippen molar-refractivity contribution in [3.63, 3.8) is 0 Å². The van der Waals surface area contributed by atoms with Crippen LogP contribution in [0, 0.1) is 0 Å². The van der Waals surface area contributed by atoms with Crippen molar-refractivity contribution in [3.05, 3.63) is 29.3 Å². The van der Waals surface area contributed by atoms with Gasteiger partial charge in [-0.05, 0) is 12.1 Å². The van der Waals surface area contributed by atoms with Crippen LogP contribution in [-0.2, 0) is 0 Å². The highest BCUT2D eigenvalue weighted by molar-refractivity contribution is 6.30. The standard InChI is InChI=1S/C7H6ClN4O/c8-5-1-3-6(4-2-5)12-10-7(9)13-11-12/h1-4H,(H2,9,10,11)/q+1. The highest BCUT2D eigenvalue weighted by atomic mass is 35.5. The van der Waals surface area contributed by atoms with Gasteiger partial charge in [0.05, 0.1) is 5.10 Å². The summed E-state index contributed by atoms with van der Waals surface area (Å²) in [7, 11) is 0. The zero-order valence-corrected chi connectivity index (χ0v) is 7.27. The van der Waals surface area contributed by atoms with Crippen LogP contribution in [0.25, 0.3) is 5.69 Å². The Kier molecular flexibility index (Phi) is 1.86. The van der Waals surface area contributed by atoms with Gasteiger partial charge in [0.25, 0.3) is 5.69 Å². The maximum Gasteiger partial charge on any atom is 0.387 e. The first kappa shape index (κ1) is 8.00. The molecule has 5 nitrogen and oxygen atoms in total. The Balaban J connectivity index is 2.41. The maximum atomic E-state index is 5.71. The van der Waals surface area contributed by atoms with Gasteiger partial charge in [-0.15, -0.1) is 0 Å². The zero-order chi connectivity index (χ0) is 9.26. The molecular formula is C7H6ClN4O+. The molecule has 66 valence electrons. The van der Waals surface area contributed by atoms with E-state index in [-0.39, 0.29) is 6.01 Å². The summed E-state index contributed by atoms with van der Waals surface area (Å²) < 4.78 is 4.60. The van der Waals surface area contributed by atoms with Crippen molar-refractivity contribution in [2.45, 2.75) is 0 Å². The second-order valence-electron chi connectivity index (χ2n) is 2.38. The number of benzene rings is 1. The van der Waals surface area contributed by atoms with Crippen LogP contribution < -0.4 is 10.5 Å². The zero-order valence-electron chi connectivity index (χ0n) is 6.51. The molecule has 0 saturated heterocycles. The minimum absolute atomic E-state index is 0.0231. The third-order valence-electron chi connectivity index (χ3n) is 1.46. The van der Waals surface area contributed by atoms with E-state index in [1.54, 1.807) is 24.3 Å². The number of rotatable bonds is 1. The summed E-state index contributed by atoms with van der Waals surface area (Å²) in [4.78, 5) is 1.28. The van der Waals surface area contributed by atoms with Crippen molar-refractivity contribution in [3.8, 4) is 5.69 Å². The number of aromatic nitrogens is 3. The fourth-order valence-electron chi connectivity index (χ4n) is 0.890. The van der Waals surface area contributed by atoms with Crippen LogP contribution in [0.3, 0.4) is 0 Å². The first-order valence-corrected chi connectivity index (χ1v) is 3.91. The van der Waals surface area contributed by atoms with Gasteiger partial charge in [-0.3, -0.25) is 4.52 Å². The summed E-state index contributed by atoms with van der Waals surface area (Å²) >= 11 is 5.71. The smallest absolute Gasteiger partial charge is 0.346 e. The van der Waals surface area contributed by atoms with Crippen molar-refractivity contribution in [2.75, 3.05) is 5.73 Å². The highest BCUT2D eigenvalue weighted by Crippen LogP contribution is 2.08. The minimum atomic E-state index is 0.0231. The van der Waals surface area contributed by atoms with Crippen LogP contribution >= 0.6 is 11.6 Å². The first-order chi connectivity index (χ1) is 6.25. The Morgan fingerprint density at radius 2 is 2.00 bits per heavy atom. The summed E-state index contributed by atoms with van der Waals surface area (Å²) in [6, 6.07) is 7.01. The van der Waals surface area contributed by atoms with E-state index in [1.165, 1.54) is 4.80 Å². The number of nitrogen functional groups attached to an aromatic ring is 1. The maximum absolute atomic E-state index is 5.71. The molecule has 0 aliphatic heterocycles. The van der Waals surface area contributed by atoms with E-state index in [1.807, 2.05) is 0 Å². The largest absolute Gasteiger partial charge is 0.387 e. The quantitative estimate of drug-likeness (QED) is 0.679. The third-order valence-corrected chi connectivity index (χ3v) is 1.71. The van der Waals surface area contributed by atoms with E-state index in [2.05, 4.69) is 14.9 Å². The van der Waals surface area contributed by atoms with Gasteiger partial charge in [0.1, 0.15) is 4.80 Å². The molecule has 2 N–H and O–H groups in total. The van der Waals surface area contributed by atoms with Crippen LogP contribution in [0.5, 0.6) is 0 Å². The van der Waals surface area contributed by atoms with E-state index in [0.717, 1.165) is 5.69 Å². The molecule has 0 aliphatic rings. The highest BCUT2D eigenvalue weighted by Gasteiger charge is 2.14. The number of nitrogens with zero attached hydrogens (tertiary/aromatic N) is 3. The lowest BCUT2D eigenvalue weighted by atomic mass is 10.3. The van der Waals surface area contributed by atoms with Gasteiger partial charge in [0.15, 0.2) is 0 Å². The first-order valence-electron chi connectivity index (χ1n) is 3.53. The van der Waals surface area contributed by atoms with Crippen molar-refractivity contribution in [2.24, 2.45) is 0 Å². The van der Waals surface area contributed by atoms with Crippen molar-refractivity contribution in [1.29, 1.82) is 0 Å². The van der Waals surface area contributed by atoms with Gasteiger partial charge < -0.3 is 5.73 Å². The van der Waals surface area contributed by atoms with E-state index < -0.39 is 0 Å². The summed E-state index contributed by atoms with van der Waals surface area (Å²) in [5.74, 6) is 0. The molecule has 1 aromatic carbocycles. The molecule has 0 spiro atoms. The number of anilines is 1. The van der Waals surface area contributed by atoms with Gasteiger partial charge >= 0.3 is 6.01 Å². The number of nitrogens with two attached hydrogens (primary N) is 1. The average Bonchev–Trinajstić information content (AvgIpc) is 2.53. The fourth-order valence-corrected chi connectivity index (χ4v) is 1.02. The Morgan fingerprint density at radius 3 is 2.54 bits per heavy atom. The molecular weight excluding hydrogens is 192 g/mol. The summed E-state index contributed by atoms with van der Waals surface area (Å²) in [6.07, 6.45) is 0. The molecule has 0 aliphatic carbocycles. The number of halogens is 1. The summed E-state index contributed by atoms with van der Waals surface area (Å²) in [5, 5.41) is 8.02. The topological polar surface area (TPSA) is 68.8 Å². The number of hydrogen-bond donors (Lipinski definition) is 1. The van der Waals surface area contributed by atoms with Crippen LogP contribution in [0.15, 0.2) is 28.8 Å². The molecule has 2 rings (SSSR count). The van der Waals surface area contributed by atoms with Crippen LogP contribution in [0.2, 0.25) is 5.02 Å². The second-order valence-corrected chi connectivity index (χ2v) is 2.81. The summed E-state index contributed by atoms with van der Waals surface area (Å²) in [6.45, 7) is 0. The van der Waals surface area contributed by atoms with E-state index >= 15 is 0 Å². The van der Waals surface area contributed by atoms with Crippen LogP contribution in [0.1, 0.15) is 0 Å². The van der Waals surface area contributed by atoms with E-state index in [4.69, 9.17) is 17.3 Å². The summed E-state index contributed by atoms with van der Waals surface area (Å²) in [5.41, 5.74) is 6.00. The SMILES string of the molecule is Nc1n[n+](-c2ccc(Cl)cc2)no1. The van der Waals surface area contributed by atoms with Crippen molar-refractivity contribution < 1.29 is 9.32 Å². The van der Waals surface area contributed by atoms with Gasteiger partial charge in [-0.25, -0.2) is 0 Å². The average molecular weight is 198 g/mol. The van der Waals surface area contributed by atoms with Crippen molar-refractivity contribution in [1.82, 2.24) is 10.4 Å². The molecule has 13 heavy (non-hydrogen) atoms. The molecule has 1 aromatic heterocycles. The lowest BCUT2D eigenvalue weighted by molar-refractivity contribution is -0.724. The normalized spacial score (nSPS) is 10.2. The van der Waals surface area contributed by atoms with Gasteiger partial charge in [0.2, 0.25) is 5.27 Å². The molecule has 0 radical (unpaired) electrons. The van der Waals surface area contributed by atoms with Gasteiger partial charge in [0, 0.05) is 17.2 Å². The molecule has 6 heteroatoms. The minimum Gasteiger partial charge on any atom is -0.346 e. The Bertz CT molecular complexity index is 411. The predicted molar refractivity (Wildman–Crippen MR) is 45.3 cm³/mol.